The van der Waals surface area contributed by atoms with Crippen LogP contribution in [0.25, 0.3) is 99.5 Å². The molecule has 2 aromatic heterocycles. The first-order valence-electron chi connectivity index (χ1n) is 21.0. The maximum Gasteiger partial charge on any atom is 0.164 e. The SMILES string of the molecule is [2H]c1cc(-c2nc(-c3c([2H])c([2H])c4c([2H])c([2H])c([2H])c([2H])c4c3[2H])nc(-c3cccc4oc5cc(-c6cc7ccccc7c7ccccc67)ccc5c34)n2)c([2H])c([2H])c1[2H]. The van der Waals surface area contributed by atoms with Crippen molar-refractivity contribution < 1.29 is 19.5 Å². The quantitative estimate of drug-likeness (QED) is 0.180. The number of fused-ring (bicyclic) bond motifs is 7. The van der Waals surface area contributed by atoms with Crippen LogP contribution in [0.15, 0.2) is 168 Å². The normalized spacial score (nSPS) is 14.8. The molecule has 0 spiro atoms. The fourth-order valence-electron chi connectivity index (χ4n) is 6.49. The highest BCUT2D eigenvalue weighted by molar-refractivity contribution is 6.16. The van der Waals surface area contributed by atoms with Crippen LogP contribution >= 0.6 is 0 Å². The Morgan fingerprint density at radius 1 is 0.429 bits per heavy atom. The van der Waals surface area contributed by atoms with Crippen molar-refractivity contribution in [2.24, 2.45) is 0 Å². The summed E-state index contributed by atoms with van der Waals surface area (Å²) in [6, 6.07) is 25.3. The number of hydrogen-bond acceptors (Lipinski definition) is 4. The molecule has 0 saturated heterocycles. The van der Waals surface area contributed by atoms with E-state index in [9.17, 15) is 1.37 Å². The van der Waals surface area contributed by atoms with Crippen LogP contribution < -0.4 is 0 Å². The van der Waals surface area contributed by atoms with E-state index in [0.717, 1.165) is 38.1 Å². The molecule has 8 aromatic carbocycles. The summed E-state index contributed by atoms with van der Waals surface area (Å²) in [5.74, 6) is -0.520. The second kappa shape index (κ2) is 11.0. The summed E-state index contributed by atoms with van der Waals surface area (Å²) in [5, 5.41) is 5.20. The van der Waals surface area contributed by atoms with E-state index in [1.165, 1.54) is 6.07 Å². The maximum absolute atomic E-state index is 9.22. The molecule has 2 heterocycles. The Hall–Kier alpha value is -6.65. The summed E-state index contributed by atoms with van der Waals surface area (Å²) < 4.78 is 101. The lowest BCUT2D eigenvalue weighted by Gasteiger charge is -2.11. The molecule has 49 heavy (non-hydrogen) atoms. The van der Waals surface area contributed by atoms with Gasteiger partial charge in [-0.15, -0.1) is 0 Å². The molecule has 0 atom stereocenters. The summed E-state index contributed by atoms with van der Waals surface area (Å²) >= 11 is 0. The van der Waals surface area contributed by atoms with Crippen molar-refractivity contribution in [2.75, 3.05) is 0 Å². The monoisotopic (exact) mass is 636 g/mol. The minimum Gasteiger partial charge on any atom is -0.456 e. The second-order valence-electron chi connectivity index (χ2n) is 11.6. The van der Waals surface area contributed by atoms with E-state index in [1.54, 1.807) is 18.2 Å². The van der Waals surface area contributed by atoms with Crippen molar-refractivity contribution >= 4 is 54.3 Å². The molecule has 0 N–H and O–H groups in total. The van der Waals surface area contributed by atoms with Crippen molar-refractivity contribution in [1.29, 1.82) is 0 Å². The van der Waals surface area contributed by atoms with Gasteiger partial charge in [0.25, 0.3) is 0 Å². The zero-order valence-corrected chi connectivity index (χ0v) is 25.5. The van der Waals surface area contributed by atoms with E-state index in [-0.39, 0.29) is 45.4 Å². The van der Waals surface area contributed by atoms with E-state index in [0.29, 0.717) is 22.1 Å². The first kappa shape index (κ1) is 18.6. The number of hydrogen-bond donors (Lipinski definition) is 0. The second-order valence-corrected chi connectivity index (χ2v) is 11.6. The van der Waals surface area contributed by atoms with Crippen LogP contribution in [0.4, 0.5) is 0 Å². The molecule has 10 aromatic rings. The van der Waals surface area contributed by atoms with E-state index in [4.69, 9.17) is 28.1 Å². The lowest BCUT2D eigenvalue weighted by atomic mass is 9.93. The van der Waals surface area contributed by atoms with Crippen LogP contribution in [-0.4, -0.2) is 15.0 Å². The minimum atomic E-state index is -0.614. The van der Waals surface area contributed by atoms with Gasteiger partial charge in [-0.25, -0.2) is 15.0 Å². The van der Waals surface area contributed by atoms with Gasteiger partial charge in [-0.05, 0) is 73.8 Å². The van der Waals surface area contributed by atoms with Crippen LogP contribution in [0.5, 0.6) is 0 Å². The average molecular weight is 637 g/mol. The molecule has 228 valence electrons. The number of rotatable bonds is 4. The molecule has 0 aliphatic heterocycles. The molecule has 0 amide bonds. The molecular weight excluding hydrogens is 599 g/mol. The van der Waals surface area contributed by atoms with Crippen LogP contribution in [0.1, 0.15) is 15.1 Å². The molecule has 0 aliphatic rings. The van der Waals surface area contributed by atoms with Crippen LogP contribution in [0.2, 0.25) is 0 Å². The Labute approximate surface area is 297 Å². The van der Waals surface area contributed by atoms with Gasteiger partial charge in [0.2, 0.25) is 0 Å². The third kappa shape index (κ3) is 4.57. The Kier molecular flexibility index (Phi) is 4.17. The molecule has 0 aliphatic carbocycles. The van der Waals surface area contributed by atoms with Crippen molar-refractivity contribution in [2.45, 2.75) is 0 Å². The summed E-state index contributed by atoms with van der Waals surface area (Å²) in [7, 11) is 0. The van der Waals surface area contributed by atoms with Gasteiger partial charge >= 0.3 is 0 Å². The molecule has 0 fully saturated rings. The topological polar surface area (TPSA) is 51.8 Å². The number of aromatic nitrogens is 3. The van der Waals surface area contributed by atoms with Crippen LogP contribution in [0, 0.1) is 0 Å². The molecule has 4 nitrogen and oxygen atoms in total. The third-order valence-corrected chi connectivity index (χ3v) is 8.72. The maximum atomic E-state index is 9.22. The highest BCUT2D eigenvalue weighted by Gasteiger charge is 2.19. The zero-order chi connectivity index (χ0) is 41.9. The van der Waals surface area contributed by atoms with Crippen LogP contribution in [-0.2, 0) is 0 Å². The van der Waals surface area contributed by atoms with E-state index in [2.05, 4.69) is 35.3 Å². The summed E-state index contributed by atoms with van der Waals surface area (Å²) in [6.45, 7) is 0. The van der Waals surface area contributed by atoms with Crippen molar-refractivity contribution in [3.8, 4) is 45.3 Å². The Balaban J connectivity index is 1.24. The summed E-state index contributed by atoms with van der Waals surface area (Å²) in [6.07, 6.45) is 0. The zero-order valence-electron chi connectivity index (χ0n) is 36.5. The molecule has 0 saturated carbocycles. The van der Waals surface area contributed by atoms with E-state index >= 15 is 0 Å². The molecular formula is C45H27N3O. The highest BCUT2D eigenvalue weighted by atomic mass is 16.3. The molecule has 4 heteroatoms. The molecule has 0 radical (unpaired) electrons. The van der Waals surface area contributed by atoms with Crippen molar-refractivity contribution in [3.05, 3.63) is 164 Å². The van der Waals surface area contributed by atoms with E-state index < -0.39 is 60.4 Å². The van der Waals surface area contributed by atoms with Crippen molar-refractivity contribution in [3.63, 3.8) is 0 Å². The molecule has 0 bridgehead atoms. The fraction of sp³-hybridized carbons (Fsp3) is 0. The van der Waals surface area contributed by atoms with E-state index in [1.807, 2.05) is 42.5 Å². The molecule has 10 rings (SSSR count). The number of nitrogens with zero attached hydrogens (tertiary/aromatic N) is 3. The van der Waals surface area contributed by atoms with Gasteiger partial charge in [-0.2, -0.15) is 0 Å². The molecule has 0 unspecified atom stereocenters. The first-order chi connectivity index (χ1) is 28.8. The summed E-state index contributed by atoms with van der Waals surface area (Å²) in [5.41, 5.74) is 3.05. The fourth-order valence-corrected chi connectivity index (χ4v) is 6.49. The van der Waals surface area contributed by atoms with Gasteiger partial charge in [0.1, 0.15) is 11.2 Å². The van der Waals surface area contributed by atoms with Gasteiger partial charge < -0.3 is 4.42 Å². The van der Waals surface area contributed by atoms with Gasteiger partial charge in [-0.3, -0.25) is 0 Å². The van der Waals surface area contributed by atoms with Gasteiger partial charge in [-0.1, -0.05) is 133 Å². The Morgan fingerprint density at radius 3 is 2.12 bits per heavy atom. The number of furan rings is 1. The predicted molar refractivity (Wildman–Crippen MR) is 201 cm³/mol. The third-order valence-electron chi connectivity index (χ3n) is 8.72. The largest absolute Gasteiger partial charge is 0.456 e. The highest BCUT2D eigenvalue weighted by Crippen LogP contribution is 2.40. The van der Waals surface area contributed by atoms with Crippen molar-refractivity contribution in [1.82, 2.24) is 15.0 Å². The van der Waals surface area contributed by atoms with Gasteiger partial charge in [0.05, 0.1) is 15.1 Å². The first-order valence-corrected chi connectivity index (χ1v) is 15.5. The lowest BCUT2D eigenvalue weighted by molar-refractivity contribution is 0.669. The smallest absolute Gasteiger partial charge is 0.164 e. The standard InChI is InChI=1S/C45H27N3O/c1-2-12-29(13-3-1)43-46-44(33-22-21-28-11-4-5-14-30(28)25-33)48-45(47-43)38-19-10-20-40-42(38)37-24-23-32(27-41(37)49-40)39-26-31-15-6-7-16-34(31)35-17-8-9-18-36(35)39/h1-27H/i1D,2D,3D,4D,5D,11D,12D,14D,21D,22D,25D. The minimum absolute atomic E-state index is 0.000651. The Morgan fingerprint density at radius 2 is 1.20 bits per heavy atom. The van der Waals surface area contributed by atoms with Gasteiger partial charge in [0.15, 0.2) is 17.5 Å². The summed E-state index contributed by atoms with van der Waals surface area (Å²) in [4.78, 5) is 14.0. The lowest BCUT2D eigenvalue weighted by Crippen LogP contribution is -2.00. The van der Waals surface area contributed by atoms with Crippen LogP contribution in [0.3, 0.4) is 0 Å². The predicted octanol–water partition coefficient (Wildman–Crippen LogP) is 11.9. The Bertz CT molecular complexity index is 3530. The average Bonchev–Trinajstić information content (AvgIpc) is 3.64. The number of benzene rings is 8. The van der Waals surface area contributed by atoms with Gasteiger partial charge in [0, 0.05) is 27.5 Å².